The van der Waals surface area contributed by atoms with E-state index in [1.807, 2.05) is 0 Å². The molecular formula is C13H19ClN2O3S. The van der Waals surface area contributed by atoms with E-state index < -0.39 is 16.1 Å². The summed E-state index contributed by atoms with van der Waals surface area (Å²) in [5.74, 6) is -0.0360. The molecular weight excluding hydrogens is 300 g/mol. The molecule has 1 saturated carbocycles. The Kier molecular flexibility index (Phi) is 4.90. The van der Waals surface area contributed by atoms with Gasteiger partial charge in [-0.1, -0.05) is 24.4 Å². The topological polar surface area (TPSA) is 92.4 Å². The molecule has 1 aromatic rings. The molecule has 4 N–H and O–H groups in total. The van der Waals surface area contributed by atoms with E-state index in [4.69, 9.17) is 17.3 Å². The molecule has 2 unspecified atom stereocenters. The Balaban J connectivity index is 2.07. The summed E-state index contributed by atoms with van der Waals surface area (Å²) in [6.45, 7) is 0.226. The number of benzene rings is 1. The molecule has 0 saturated heterocycles. The van der Waals surface area contributed by atoms with Crippen LogP contribution in [-0.2, 0) is 10.0 Å². The van der Waals surface area contributed by atoms with Crippen LogP contribution in [0.5, 0.6) is 0 Å². The summed E-state index contributed by atoms with van der Waals surface area (Å²) in [5.41, 5.74) is 5.96. The van der Waals surface area contributed by atoms with Crippen molar-refractivity contribution < 1.29 is 13.5 Å². The van der Waals surface area contributed by atoms with Crippen LogP contribution in [-0.4, -0.2) is 26.2 Å². The van der Waals surface area contributed by atoms with Crippen molar-refractivity contribution in [3.63, 3.8) is 0 Å². The number of nitrogen functional groups attached to an aromatic ring is 1. The Morgan fingerprint density at radius 2 is 2.05 bits per heavy atom. The van der Waals surface area contributed by atoms with Gasteiger partial charge in [-0.2, -0.15) is 0 Å². The van der Waals surface area contributed by atoms with Crippen molar-refractivity contribution >= 4 is 27.3 Å². The van der Waals surface area contributed by atoms with Gasteiger partial charge in [-0.3, -0.25) is 0 Å². The van der Waals surface area contributed by atoms with Crippen molar-refractivity contribution in [2.75, 3.05) is 12.3 Å². The number of rotatable bonds is 4. The lowest BCUT2D eigenvalue weighted by Crippen LogP contribution is -2.36. The molecule has 1 aromatic carbocycles. The van der Waals surface area contributed by atoms with Crippen LogP contribution in [0.4, 0.5) is 5.69 Å². The zero-order valence-electron chi connectivity index (χ0n) is 11.0. The first-order valence-electron chi connectivity index (χ1n) is 6.63. The van der Waals surface area contributed by atoms with Gasteiger partial charge in [0.1, 0.15) is 4.90 Å². The van der Waals surface area contributed by atoms with Gasteiger partial charge in [0.15, 0.2) is 0 Å². The fraction of sp³-hybridized carbons (Fsp3) is 0.538. The fourth-order valence-electron chi connectivity index (χ4n) is 2.46. The van der Waals surface area contributed by atoms with E-state index in [2.05, 4.69) is 4.72 Å². The van der Waals surface area contributed by atoms with E-state index >= 15 is 0 Å². The third-order valence-electron chi connectivity index (χ3n) is 3.65. The predicted molar refractivity (Wildman–Crippen MR) is 79.0 cm³/mol. The average molecular weight is 319 g/mol. The molecule has 0 amide bonds. The number of nitrogens with two attached hydrogens (primary N) is 1. The molecule has 0 heterocycles. The molecule has 0 aliphatic heterocycles. The molecule has 0 spiro atoms. The van der Waals surface area contributed by atoms with Crippen molar-refractivity contribution in [3.05, 3.63) is 23.2 Å². The lowest BCUT2D eigenvalue weighted by molar-refractivity contribution is 0.0724. The summed E-state index contributed by atoms with van der Waals surface area (Å²) in [4.78, 5) is 0.0127. The second-order valence-electron chi connectivity index (χ2n) is 5.15. The summed E-state index contributed by atoms with van der Waals surface area (Å²) in [7, 11) is -3.68. The fourth-order valence-corrected chi connectivity index (χ4v) is 4.10. The maximum absolute atomic E-state index is 12.2. The monoisotopic (exact) mass is 318 g/mol. The molecule has 112 valence electrons. The van der Waals surface area contributed by atoms with E-state index in [9.17, 15) is 13.5 Å². The SMILES string of the molecule is Nc1ccc(S(=O)(=O)NCC2CCCCC2O)c(Cl)c1. The Labute approximate surface area is 124 Å². The van der Waals surface area contributed by atoms with Crippen LogP contribution in [0.15, 0.2) is 23.1 Å². The molecule has 1 fully saturated rings. The number of anilines is 1. The highest BCUT2D eigenvalue weighted by Gasteiger charge is 2.25. The largest absolute Gasteiger partial charge is 0.399 e. The summed E-state index contributed by atoms with van der Waals surface area (Å²) >= 11 is 5.92. The van der Waals surface area contributed by atoms with Crippen LogP contribution >= 0.6 is 11.6 Å². The van der Waals surface area contributed by atoms with Gasteiger partial charge in [0.25, 0.3) is 0 Å². The number of aliphatic hydroxyl groups is 1. The second kappa shape index (κ2) is 6.30. The summed E-state index contributed by atoms with van der Waals surface area (Å²) < 4.78 is 26.9. The second-order valence-corrected chi connectivity index (χ2v) is 7.30. The normalized spacial score (nSPS) is 23.7. The van der Waals surface area contributed by atoms with E-state index in [1.54, 1.807) is 0 Å². The zero-order chi connectivity index (χ0) is 14.8. The van der Waals surface area contributed by atoms with Crippen LogP contribution in [0.25, 0.3) is 0 Å². The van der Waals surface area contributed by atoms with Crippen LogP contribution in [0.1, 0.15) is 25.7 Å². The summed E-state index contributed by atoms with van der Waals surface area (Å²) in [5, 5.41) is 9.95. The number of halogens is 1. The third-order valence-corrected chi connectivity index (χ3v) is 5.56. The van der Waals surface area contributed by atoms with Crippen LogP contribution in [0.2, 0.25) is 5.02 Å². The summed E-state index contributed by atoms with van der Waals surface area (Å²) in [6.07, 6.45) is 3.14. The van der Waals surface area contributed by atoms with Crippen LogP contribution < -0.4 is 10.5 Å². The summed E-state index contributed by atoms with van der Waals surface area (Å²) in [6, 6.07) is 4.29. The van der Waals surface area contributed by atoms with Crippen molar-refractivity contribution in [2.45, 2.75) is 36.7 Å². The number of hydrogen-bond donors (Lipinski definition) is 3. The number of sulfonamides is 1. The maximum atomic E-state index is 12.2. The Morgan fingerprint density at radius 3 is 2.70 bits per heavy atom. The molecule has 1 aliphatic carbocycles. The molecule has 1 aliphatic rings. The van der Waals surface area contributed by atoms with Gasteiger partial charge < -0.3 is 10.8 Å². The Morgan fingerprint density at radius 1 is 1.35 bits per heavy atom. The first-order valence-corrected chi connectivity index (χ1v) is 8.49. The van der Waals surface area contributed by atoms with Crippen LogP contribution in [0, 0.1) is 5.92 Å². The van der Waals surface area contributed by atoms with Crippen molar-refractivity contribution in [2.24, 2.45) is 5.92 Å². The minimum atomic E-state index is -3.68. The number of hydrogen-bond acceptors (Lipinski definition) is 4. The molecule has 0 bridgehead atoms. The van der Waals surface area contributed by atoms with Gasteiger partial charge in [0.05, 0.1) is 11.1 Å². The predicted octanol–water partition coefficient (Wildman–Crippen LogP) is 1.75. The Hall–Kier alpha value is -0.820. The lowest BCUT2D eigenvalue weighted by atomic mass is 9.87. The van der Waals surface area contributed by atoms with E-state index in [0.717, 1.165) is 25.7 Å². The minimum Gasteiger partial charge on any atom is -0.399 e. The lowest BCUT2D eigenvalue weighted by Gasteiger charge is -2.27. The first kappa shape index (κ1) is 15.6. The van der Waals surface area contributed by atoms with E-state index in [-0.39, 0.29) is 22.4 Å². The molecule has 0 radical (unpaired) electrons. The number of aliphatic hydroxyl groups excluding tert-OH is 1. The molecule has 2 rings (SSSR count). The van der Waals surface area contributed by atoms with Crippen molar-refractivity contribution in [3.8, 4) is 0 Å². The standard InChI is InChI=1S/C13H19ClN2O3S/c14-11-7-10(15)5-6-13(11)20(18,19)16-8-9-3-1-2-4-12(9)17/h5-7,9,12,16-17H,1-4,8,15H2. The third kappa shape index (κ3) is 3.63. The van der Waals surface area contributed by atoms with Crippen molar-refractivity contribution in [1.82, 2.24) is 4.72 Å². The highest BCUT2D eigenvalue weighted by atomic mass is 35.5. The van der Waals surface area contributed by atoms with Gasteiger partial charge in [-0.15, -0.1) is 0 Å². The van der Waals surface area contributed by atoms with E-state index in [1.165, 1.54) is 18.2 Å². The highest BCUT2D eigenvalue weighted by molar-refractivity contribution is 7.89. The van der Waals surface area contributed by atoms with Crippen LogP contribution in [0.3, 0.4) is 0 Å². The quantitative estimate of drug-likeness (QED) is 0.737. The molecule has 20 heavy (non-hydrogen) atoms. The number of nitrogens with one attached hydrogen (secondary N) is 1. The average Bonchev–Trinajstić information content (AvgIpc) is 2.37. The van der Waals surface area contributed by atoms with Gasteiger partial charge in [0, 0.05) is 12.2 Å². The van der Waals surface area contributed by atoms with Crippen molar-refractivity contribution in [1.29, 1.82) is 0 Å². The zero-order valence-corrected chi connectivity index (χ0v) is 12.6. The van der Waals surface area contributed by atoms with E-state index in [0.29, 0.717) is 5.69 Å². The smallest absolute Gasteiger partial charge is 0.242 e. The molecule has 7 heteroatoms. The molecule has 5 nitrogen and oxygen atoms in total. The Bertz CT molecular complexity index is 577. The minimum absolute atomic E-state index is 0.0127. The molecule has 2 atom stereocenters. The van der Waals surface area contributed by atoms with Gasteiger partial charge in [0.2, 0.25) is 10.0 Å². The maximum Gasteiger partial charge on any atom is 0.242 e. The van der Waals surface area contributed by atoms with Gasteiger partial charge >= 0.3 is 0 Å². The molecule has 0 aromatic heterocycles. The van der Waals surface area contributed by atoms with Gasteiger partial charge in [-0.25, -0.2) is 13.1 Å². The van der Waals surface area contributed by atoms with Gasteiger partial charge in [-0.05, 0) is 37.0 Å². The first-order chi connectivity index (χ1) is 9.40. The highest BCUT2D eigenvalue weighted by Crippen LogP contribution is 2.26.